The average Bonchev–Trinajstić information content (AvgIpc) is 2.94. The van der Waals surface area contributed by atoms with Crippen molar-refractivity contribution in [3.63, 3.8) is 0 Å². The Morgan fingerprint density at radius 3 is 2.19 bits per heavy atom. The van der Waals surface area contributed by atoms with Crippen molar-refractivity contribution in [1.29, 1.82) is 0 Å². The zero-order chi connectivity index (χ0) is 19.4. The first-order valence-corrected chi connectivity index (χ1v) is 10.2. The molecule has 2 atom stereocenters. The number of carbonyl (C=O) groups is 3. The molecule has 2 bridgehead atoms. The zero-order valence-corrected chi connectivity index (χ0v) is 16.6. The maximum Gasteiger partial charge on any atom is 0.237 e. The topological polar surface area (TPSA) is 54.5 Å². The Kier molecular flexibility index (Phi) is 4.10. The summed E-state index contributed by atoms with van der Waals surface area (Å²) in [6, 6.07) is 10.5. The summed E-state index contributed by atoms with van der Waals surface area (Å²) >= 11 is 0. The first-order chi connectivity index (χ1) is 12.7. The number of ketones is 2. The van der Waals surface area contributed by atoms with Crippen molar-refractivity contribution >= 4 is 17.5 Å². The summed E-state index contributed by atoms with van der Waals surface area (Å²) in [6.45, 7) is 7.14. The Morgan fingerprint density at radius 1 is 1.00 bits per heavy atom. The molecule has 1 amide bonds. The summed E-state index contributed by atoms with van der Waals surface area (Å²) in [4.78, 5) is 40.9. The van der Waals surface area contributed by atoms with Crippen LogP contribution in [0.4, 0.5) is 0 Å². The van der Waals surface area contributed by atoms with Gasteiger partial charge in [-0.2, -0.15) is 0 Å². The fraction of sp³-hybridized carbons (Fsp3) is 0.609. The lowest BCUT2D eigenvalue weighted by atomic mass is 9.64. The number of carbonyl (C=O) groups excluding carboxylic acids is 3. The number of amides is 1. The quantitative estimate of drug-likeness (QED) is 0.607. The second-order valence-corrected chi connectivity index (χ2v) is 9.45. The third-order valence-corrected chi connectivity index (χ3v) is 8.18. The standard InChI is InChI=1S/C23H29NO3/c1-21(2)22(3)11-12-23(21,19(26)18(22)25)20(27)24-13-9-17(10-14-24)15-16-7-5-4-6-8-16/h4-8,17H,9-15H2,1-3H3/t22-,23-/m1/s1. The average molecular weight is 367 g/mol. The minimum Gasteiger partial charge on any atom is -0.342 e. The van der Waals surface area contributed by atoms with Crippen molar-refractivity contribution in [3.8, 4) is 0 Å². The summed E-state index contributed by atoms with van der Waals surface area (Å²) in [7, 11) is 0. The molecule has 3 fully saturated rings. The van der Waals surface area contributed by atoms with Gasteiger partial charge in [-0.05, 0) is 49.0 Å². The summed E-state index contributed by atoms with van der Waals surface area (Å²) in [6.07, 6.45) is 4.10. The van der Waals surface area contributed by atoms with E-state index >= 15 is 0 Å². The predicted molar refractivity (Wildman–Crippen MR) is 103 cm³/mol. The third-order valence-electron chi connectivity index (χ3n) is 8.18. The van der Waals surface area contributed by atoms with Crippen LogP contribution in [0.15, 0.2) is 30.3 Å². The van der Waals surface area contributed by atoms with E-state index in [2.05, 4.69) is 24.3 Å². The van der Waals surface area contributed by atoms with Gasteiger partial charge in [0.05, 0.1) is 0 Å². The first kappa shape index (κ1) is 18.4. The molecule has 27 heavy (non-hydrogen) atoms. The maximum absolute atomic E-state index is 13.5. The highest BCUT2D eigenvalue weighted by Crippen LogP contribution is 2.69. The zero-order valence-electron chi connectivity index (χ0n) is 16.6. The molecule has 1 aromatic rings. The van der Waals surface area contributed by atoms with Crippen LogP contribution in [0.2, 0.25) is 0 Å². The molecule has 1 saturated heterocycles. The van der Waals surface area contributed by atoms with E-state index < -0.39 is 22.0 Å². The van der Waals surface area contributed by atoms with Gasteiger partial charge in [0.2, 0.25) is 17.5 Å². The van der Waals surface area contributed by atoms with E-state index in [1.807, 2.05) is 31.7 Å². The van der Waals surface area contributed by atoms with Crippen LogP contribution in [0.3, 0.4) is 0 Å². The highest BCUT2D eigenvalue weighted by Gasteiger charge is 2.78. The van der Waals surface area contributed by atoms with E-state index in [1.54, 1.807) is 0 Å². The fourth-order valence-corrected chi connectivity index (χ4v) is 5.80. The Morgan fingerprint density at radius 2 is 1.63 bits per heavy atom. The normalized spacial score (nSPS) is 32.9. The van der Waals surface area contributed by atoms with Crippen LogP contribution in [-0.2, 0) is 20.8 Å². The van der Waals surface area contributed by atoms with Crippen molar-refractivity contribution in [2.24, 2.45) is 22.2 Å². The van der Waals surface area contributed by atoms with E-state index in [9.17, 15) is 14.4 Å². The second-order valence-electron chi connectivity index (χ2n) is 9.45. The van der Waals surface area contributed by atoms with Gasteiger partial charge in [-0.3, -0.25) is 14.4 Å². The molecule has 1 aliphatic heterocycles. The number of rotatable bonds is 3. The van der Waals surface area contributed by atoms with Crippen molar-refractivity contribution < 1.29 is 14.4 Å². The van der Waals surface area contributed by atoms with Crippen LogP contribution in [0.25, 0.3) is 0 Å². The minimum atomic E-state index is -1.13. The summed E-state index contributed by atoms with van der Waals surface area (Å²) < 4.78 is 0. The van der Waals surface area contributed by atoms with Gasteiger partial charge in [0.15, 0.2) is 0 Å². The molecule has 1 heterocycles. The van der Waals surface area contributed by atoms with Crippen LogP contribution < -0.4 is 0 Å². The number of Topliss-reactive ketones (excluding diaryl/α,β-unsaturated/α-hetero) is 2. The van der Waals surface area contributed by atoms with Crippen LogP contribution in [0.5, 0.6) is 0 Å². The molecule has 3 aliphatic rings. The Labute approximate surface area is 161 Å². The lowest BCUT2D eigenvalue weighted by molar-refractivity contribution is -0.156. The second kappa shape index (κ2) is 6.02. The molecule has 0 aromatic heterocycles. The maximum atomic E-state index is 13.5. The van der Waals surface area contributed by atoms with Gasteiger partial charge in [0, 0.05) is 18.5 Å². The van der Waals surface area contributed by atoms with Gasteiger partial charge in [0.25, 0.3) is 0 Å². The molecule has 4 nitrogen and oxygen atoms in total. The molecule has 4 rings (SSSR count). The summed E-state index contributed by atoms with van der Waals surface area (Å²) in [5.41, 5.74) is -1.09. The molecule has 0 unspecified atom stereocenters. The van der Waals surface area contributed by atoms with Gasteiger partial charge in [-0.1, -0.05) is 51.1 Å². The Hall–Kier alpha value is -1.97. The van der Waals surface area contributed by atoms with Gasteiger partial charge in [0.1, 0.15) is 5.41 Å². The Balaban J connectivity index is 1.48. The molecule has 2 saturated carbocycles. The van der Waals surface area contributed by atoms with Crippen molar-refractivity contribution in [3.05, 3.63) is 35.9 Å². The number of benzene rings is 1. The number of likely N-dealkylation sites (tertiary alicyclic amines) is 1. The SMILES string of the molecule is CC1(C)[C@]2(C(=O)N3CCC(Cc4ccccc4)CC3)CC[C@]1(C)C(=O)C2=O. The number of hydrogen-bond acceptors (Lipinski definition) is 3. The molecule has 0 spiro atoms. The Bertz CT molecular complexity index is 791. The molecular formula is C23H29NO3. The molecule has 2 aliphatic carbocycles. The van der Waals surface area contributed by atoms with Gasteiger partial charge >= 0.3 is 0 Å². The molecule has 144 valence electrons. The molecule has 4 heteroatoms. The first-order valence-electron chi connectivity index (χ1n) is 10.2. The van der Waals surface area contributed by atoms with Crippen LogP contribution in [-0.4, -0.2) is 35.5 Å². The molecule has 0 N–H and O–H groups in total. The lowest BCUT2D eigenvalue weighted by Crippen LogP contribution is -2.54. The van der Waals surface area contributed by atoms with Crippen molar-refractivity contribution in [1.82, 2.24) is 4.90 Å². The molecular weight excluding hydrogens is 338 g/mol. The van der Waals surface area contributed by atoms with Crippen molar-refractivity contribution in [2.45, 2.75) is 52.9 Å². The number of nitrogens with zero attached hydrogens (tertiary/aromatic N) is 1. The van der Waals surface area contributed by atoms with E-state index in [0.29, 0.717) is 31.8 Å². The van der Waals surface area contributed by atoms with Crippen LogP contribution in [0.1, 0.15) is 52.0 Å². The van der Waals surface area contributed by atoms with Gasteiger partial charge in [-0.15, -0.1) is 0 Å². The van der Waals surface area contributed by atoms with Crippen molar-refractivity contribution in [2.75, 3.05) is 13.1 Å². The van der Waals surface area contributed by atoms with Crippen LogP contribution >= 0.6 is 0 Å². The lowest BCUT2D eigenvalue weighted by Gasteiger charge is -2.42. The van der Waals surface area contributed by atoms with Gasteiger partial charge in [-0.25, -0.2) is 0 Å². The van der Waals surface area contributed by atoms with E-state index in [4.69, 9.17) is 0 Å². The largest absolute Gasteiger partial charge is 0.342 e. The highest BCUT2D eigenvalue weighted by molar-refractivity contribution is 6.48. The third kappa shape index (κ3) is 2.31. The number of piperidine rings is 1. The smallest absolute Gasteiger partial charge is 0.237 e. The predicted octanol–water partition coefficient (Wildman–Crippen LogP) is 3.43. The molecule has 0 radical (unpaired) electrons. The number of hydrogen-bond donors (Lipinski definition) is 0. The summed E-state index contributed by atoms with van der Waals surface area (Å²) in [5, 5.41) is 0. The van der Waals surface area contributed by atoms with E-state index in [1.165, 1.54) is 5.56 Å². The fourth-order valence-electron chi connectivity index (χ4n) is 5.80. The van der Waals surface area contributed by atoms with E-state index in [-0.39, 0.29) is 11.7 Å². The summed E-state index contributed by atoms with van der Waals surface area (Å²) in [5.74, 6) is -0.286. The highest BCUT2D eigenvalue weighted by atomic mass is 16.2. The van der Waals surface area contributed by atoms with Gasteiger partial charge < -0.3 is 4.90 Å². The number of fused-ring (bicyclic) bond motifs is 2. The van der Waals surface area contributed by atoms with E-state index in [0.717, 1.165) is 19.3 Å². The molecule has 1 aromatic carbocycles. The van der Waals surface area contributed by atoms with Crippen LogP contribution in [0, 0.1) is 22.2 Å². The minimum absolute atomic E-state index is 0.0924. The monoisotopic (exact) mass is 367 g/mol.